The molecule has 0 radical (unpaired) electrons. The summed E-state index contributed by atoms with van der Waals surface area (Å²) in [5, 5.41) is 8.99. The van der Waals surface area contributed by atoms with Crippen LogP contribution in [-0.2, 0) is 0 Å². The van der Waals surface area contributed by atoms with Gasteiger partial charge in [-0.2, -0.15) is 0 Å². The number of hydrogen-bond donors (Lipinski definition) is 1. The first-order chi connectivity index (χ1) is 16.5. The summed E-state index contributed by atoms with van der Waals surface area (Å²) in [6.07, 6.45) is 3.82. The van der Waals surface area contributed by atoms with E-state index in [1.165, 1.54) is 11.8 Å². The number of rotatable bonds is 7. The molecule has 0 bridgehead atoms. The van der Waals surface area contributed by atoms with Gasteiger partial charge in [0.25, 0.3) is 5.56 Å². The minimum atomic E-state index is -0.474. The van der Waals surface area contributed by atoms with Crippen LogP contribution in [0.3, 0.4) is 0 Å². The second kappa shape index (κ2) is 8.08. The monoisotopic (exact) mass is 478 g/mol. The molecule has 2 aliphatic rings. The van der Waals surface area contributed by atoms with Crippen molar-refractivity contribution in [2.75, 3.05) is 7.11 Å². The molecule has 6 rings (SSSR count). The van der Waals surface area contributed by atoms with Gasteiger partial charge < -0.3 is 9.15 Å². The Labute approximate surface area is 197 Å². The van der Waals surface area contributed by atoms with Gasteiger partial charge in [-0.15, -0.1) is 10.2 Å². The Hall–Kier alpha value is -3.47. The topological polar surface area (TPSA) is 129 Å². The van der Waals surface area contributed by atoms with Gasteiger partial charge in [-0.1, -0.05) is 11.8 Å². The zero-order valence-corrected chi connectivity index (χ0v) is 19.5. The Morgan fingerprint density at radius 1 is 1.12 bits per heavy atom. The van der Waals surface area contributed by atoms with Crippen LogP contribution >= 0.6 is 11.8 Å². The van der Waals surface area contributed by atoms with E-state index >= 15 is 0 Å². The van der Waals surface area contributed by atoms with E-state index in [0.29, 0.717) is 33.7 Å². The second-order valence-electron chi connectivity index (χ2n) is 8.65. The van der Waals surface area contributed by atoms with Crippen LogP contribution in [0.4, 0.5) is 0 Å². The standard InChI is InChI=1S/C23H22N6O4S/c1-11(20-27-28-21(33-20)13-5-9-15(32-2)10-6-13)34-22-16-18(24-17(25-22)12-3-4-12)29(14-7-8-14)23(31)26-19(16)30/h5-6,9-12,14H,3-4,7-8H2,1-2H3,(H,26,30,31). The summed E-state index contributed by atoms with van der Waals surface area (Å²) in [5.74, 6) is 2.51. The Morgan fingerprint density at radius 2 is 1.88 bits per heavy atom. The maximum atomic E-state index is 12.8. The van der Waals surface area contributed by atoms with Crippen molar-refractivity contribution in [3.05, 3.63) is 56.8 Å². The number of hydrogen-bond acceptors (Lipinski definition) is 9. The molecule has 34 heavy (non-hydrogen) atoms. The molecule has 10 nitrogen and oxygen atoms in total. The normalized spacial score (nSPS) is 16.6. The highest BCUT2D eigenvalue weighted by atomic mass is 32.2. The third kappa shape index (κ3) is 3.79. The quantitative estimate of drug-likeness (QED) is 0.313. The van der Waals surface area contributed by atoms with Crippen LogP contribution in [0.25, 0.3) is 22.5 Å². The lowest BCUT2D eigenvalue weighted by atomic mass is 10.2. The summed E-state index contributed by atoms with van der Waals surface area (Å²) < 4.78 is 12.7. The van der Waals surface area contributed by atoms with E-state index in [4.69, 9.17) is 14.1 Å². The highest BCUT2D eigenvalue weighted by Crippen LogP contribution is 2.43. The van der Waals surface area contributed by atoms with Gasteiger partial charge in [0.15, 0.2) is 5.65 Å². The summed E-state index contributed by atoms with van der Waals surface area (Å²) in [4.78, 5) is 37.3. The fourth-order valence-electron chi connectivity index (χ4n) is 3.88. The summed E-state index contributed by atoms with van der Waals surface area (Å²) in [6.45, 7) is 1.92. The van der Waals surface area contributed by atoms with Gasteiger partial charge in [0.1, 0.15) is 22.0 Å². The molecule has 0 amide bonds. The lowest BCUT2D eigenvalue weighted by Gasteiger charge is -2.13. The van der Waals surface area contributed by atoms with Gasteiger partial charge in [0.05, 0.1) is 12.4 Å². The number of aromatic nitrogens is 6. The van der Waals surface area contributed by atoms with Crippen molar-refractivity contribution in [3.8, 4) is 17.2 Å². The molecule has 2 fully saturated rings. The number of ether oxygens (including phenoxy) is 1. The van der Waals surface area contributed by atoms with Crippen LogP contribution in [0.1, 0.15) is 61.5 Å². The fourth-order valence-corrected chi connectivity index (χ4v) is 4.86. The molecule has 3 heterocycles. The summed E-state index contributed by atoms with van der Waals surface area (Å²) in [7, 11) is 1.61. The van der Waals surface area contributed by atoms with Crippen LogP contribution < -0.4 is 16.0 Å². The first kappa shape index (κ1) is 21.1. The molecule has 3 aromatic heterocycles. The number of aromatic amines is 1. The molecule has 2 saturated carbocycles. The van der Waals surface area contributed by atoms with E-state index in [-0.39, 0.29) is 17.2 Å². The first-order valence-electron chi connectivity index (χ1n) is 11.2. The zero-order chi connectivity index (χ0) is 23.4. The molecule has 1 atom stereocenters. The van der Waals surface area contributed by atoms with E-state index in [1.54, 1.807) is 11.7 Å². The smallest absolute Gasteiger partial charge is 0.330 e. The van der Waals surface area contributed by atoms with Gasteiger partial charge in [-0.25, -0.2) is 14.8 Å². The average Bonchev–Trinajstić information content (AvgIpc) is 3.77. The summed E-state index contributed by atoms with van der Waals surface area (Å²) in [6, 6.07) is 7.44. The van der Waals surface area contributed by atoms with E-state index in [1.807, 2.05) is 31.2 Å². The molecule has 2 aliphatic carbocycles. The molecule has 1 unspecified atom stereocenters. The second-order valence-corrected chi connectivity index (χ2v) is 9.98. The summed E-state index contributed by atoms with van der Waals surface area (Å²) >= 11 is 1.36. The van der Waals surface area contributed by atoms with E-state index in [2.05, 4.69) is 20.2 Å². The maximum absolute atomic E-state index is 12.8. The molecular formula is C23H22N6O4S. The lowest BCUT2D eigenvalue weighted by Crippen LogP contribution is -2.31. The zero-order valence-electron chi connectivity index (χ0n) is 18.6. The third-order valence-corrected chi connectivity index (χ3v) is 7.11. The molecule has 1 aromatic carbocycles. The van der Waals surface area contributed by atoms with Crippen LogP contribution in [0.5, 0.6) is 5.75 Å². The SMILES string of the molecule is COc1ccc(-c2nnc(C(C)Sc3nc(C4CC4)nc4c3c(=O)[nH]c(=O)n4C3CC3)o2)cc1. The van der Waals surface area contributed by atoms with Crippen molar-refractivity contribution in [3.63, 3.8) is 0 Å². The van der Waals surface area contributed by atoms with Crippen molar-refractivity contribution >= 4 is 22.8 Å². The Balaban J connectivity index is 1.38. The van der Waals surface area contributed by atoms with Crippen molar-refractivity contribution in [1.29, 1.82) is 0 Å². The minimum absolute atomic E-state index is 0.0760. The molecule has 11 heteroatoms. The number of H-pyrrole nitrogens is 1. The van der Waals surface area contributed by atoms with Crippen molar-refractivity contribution in [2.24, 2.45) is 0 Å². The highest BCUT2D eigenvalue weighted by Gasteiger charge is 2.33. The first-order valence-corrected chi connectivity index (χ1v) is 12.1. The van der Waals surface area contributed by atoms with Gasteiger partial charge >= 0.3 is 5.69 Å². The number of benzene rings is 1. The molecule has 174 valence electrons. The average molecular weight is 479 g/mol. The van der Waals surface area contributed by atoms with Gasteiger partial charge in [0, 0.05) is 17.5 Å². The van der Waals surface area contributed by atoms with E-state index in [9.17, 15) is 9.59 Å². The van der Waals surface area contributed by atoms with Crippen molar-refractivity contribution in [2.45, 2.75) is 54.8 Å². The molecule has 0 aliphatic heterocycles. The van der Waals surface area contributed by atoms with Crippen LogP contribution in [0, 0.1) is 0 Å². The lowest BCUT2D eigenvalue weighted by molar-refractivity contribution is 0.415. The number of thioether (sulfide) groups is 1. The minimum Gasteiger partial charge on any atom is -0.497 e. The number of methoxy groups -OCH3 is 1. The Bertz CT molecular complexity index is 1500. The largest absolute Gasteiger partial charge is 0.497 e. The summed E-state index contributed by atoms with van der Waals surface area (Å²) in [5.41, 5.74) is 0.321. The predicted molar refractivity (Wildman–Crippen MR) is 125 cm³/mol. The maximum Gasteiger partial charge on any atom is 0.330 e. The Kier molecular flexibility index (Phi) is 5.01. The third-order valence-electron chi connectivity index (χ3n) is 6.04. The molecule has 1 N–H and O–H groups in total. The molecule has 4 aromatic rings. The molecular weight excluding hydrogens is 456 g/mol. The van der Waals surface area contributed by atoms with E-state index < -0.39 is 11.2 Å². The van der Waals surface area contributed by atoms with Crippen LogP contribution in [0.15, 0.2) is 43.3 Å². The van der Waals surface area contributed by atoms with Crippen LogP contribution in [-0.4, -0.2) is 36.8 Å². The molecule has 0 spiro atoms. The van der Waals surface area contributed by atoms with Crippen molar-refractivity contribution < 1.29 is 9.15 Å². The van der Waals surface area contributed by atoms with E-state index in [0.717, 1.165) is 37.0 Å². The number of fused-ring (bicyclic) bond motifs is 1. The predicted octanol–water partition coefficient (Wildman–Crippen LogP) is 3.60. The number of nitrogens with one attached hydrogen (secondary N) is 1. The Morgan fingerprint density at radius 3 is 2.56 bits per heavy atom. The number of nitrogens with zero attached hydrogens (tertiary/aromatic N) is 5. The van der Waals surface area contributed by atoms with Crippen LogP contribution in [0.2, 0.25) is 0 Å². The molecule has 0 saturated heterocycles. The van der Waals surface area contributed by atoms with Gasteiger partial charge in [-0.3, -0.25) is 14.3 Å². The van der Waals surface area contributed by atoms with Gasteiger partial charge in [0.2, 0.25) is 11.8 Å². The highest BCUT2D eigenvalue weighted by molar-refractivity contribution is 7.99. The van der Waals surface area contributed by atoms with Crippen molar-refractivity contribution in [1.82, 2.24) is 29.7 Å². The van der Waals surface area contributed by atoms with Gasteiger partial charge in [-0.05, 0) is 56.9 Å². The fraction of sp³-hybridized carbons (Fsp3) is 0.391.